The number of aryl methyl sites for hydroxylation is 3. The molecule has 0 saturated heterocycles. The van der Waals surface area contributed by atoms with E-state index in [0.29, 0.717) is 10.6 Å². The van der Waals surface area contributed by atoms with Crippen molar-refractivity contribution in [1.29, 1.82) is 0 Å². The normalized spacial score (nSPS) is 11.5. The summed E-state index contributed by atoms with van der Waals surface area (Å²) in [6, 6.07) is 16.0. The molecular formula is C24H22N2O4S3. The van der Waals surface area contributed by atoms with Gasteiger partial charge in [0.15, 0.2) is 0 Å². The van der Waals surface area contributed by atoms with Crippen LogP contribution < -0.4 is 5.32 Å². The van der Waals surface area contributed by atoms with Crippen LogP contribution in [-0.4, -0.2) is 25.1 Å². The number of amides is 1. The molecule has 2 heterocycles. The number of sulfone groups is 1. The molecule has 9 heteroatoms. The zero-order valence-corrected chi connectivity index (χ0v) is 20.7. The first-order valence-electron chi connectivity index (χ1n) is 10.1. The number of thiophene rings is 1. The van der Waals surface area contributed by atoms with Gasteiger partial charge in [-0.25, -0.2) is 8.42 Å². The minimum atomic E-state index is -3.93. The lowest BCUT2D eigenvalue weighted by atomic mass is 10.1. The third kappa shape index (κ3) is 5.38. The van der Waals surface area contributed by atoms with E-state index in [4.69, 9.17) is 4.42 Å². The van der Waals surface area contributed by atoms with E-state index in [2.05, 4.69) is 10.3 Å². The molecule has 6 nitrogen and oxygen atoms in total. The van der Waals surface area contributed by atoms with Crippen LogP contribution in [0.25, 0.3) is 10.8 Å². The van der Waals surface area contributed by atoms with E-state index in [1.807, 2.05) is 50.4 Å². The number of aromatic nitrogens is 1. The van der Waals surface area contributed by atoms with Crippen molar-refractivity contribution in [2.45, 2.75) is 35.8 Å². The van der Waals surface area contributed by atoms with Gasteiger partial charge in [-0.15, -0.1) is 11.3 Å². The number of carbonyl (C=O) groups excluding carboxylic acids is 1. The zero-order chi connectivity index (χ0) is 23.6. The van der Waals surface area contributed by atoms with Gasteiger partial charge in [0, 0.05) is 5.69 Å². The summed E-state index contributed by atoms with van der Waals surface area (Å²) >= 11 is 2.41. The Morgan fingerprint density at radius 3 is 2.36 bits per heavy atom. The van der Waals surface area contributed by atoms with E-state index in [9.17, 15) is 13.2 Å². The maximum atomic E-state index is 13.3. The van der Waals surface area contributed by atoms with E-state index < -0.39 is 9.84 Å². The standard InChI is InChI=1S/C24H22N2O4S3/c1-15-6-8-19(9-7-15)33(28,29)23-24(30-22(26-23)20-5-4-10-31-20)32-14-21(27)25-18-12-16(2)11-17(3)13-18/h4-13H,14H2,1-3H3,(H,25,27). The van der Waals surface area contributed by atoms with E-state index in [0.717, 1.165) is 28.5 Å². The molecule has 0 bridgehead atoms. The molecule has 0 aliphatic rings. The fourth-order valence-corrected chi connectivity index (χ4v) is 6.24. The largest absolute Gasteiger partial charge is 0.428 e. The van der Waals surface area contributed by atoms with Gasteiger partial charge >= 0.3 is 0 Å². The quantitative estimate of drug-likeness (QED) is 0.320. The number of oxazole rings is 1. The number of anilines is 1. The van der Waals surface area contributed by atoms with Crippen molar-refractivity contribution < 1.29 is 17.6 Å². The lowest BCUT2D eigenvalue weighted by Gasteiger charge is -2.07. The van der Waals surface area contributed by atoms with Gasteiger partial charge in [-0.3, -0.25) is 4.79 Å². The highest BCUT2D eigenvalue weighted by molar-refractivity contribution is 8.00. The van der Waals surface area contributed by atoms with Crippen molar-refractivity contribution in [3.63, 3.8) is 0 Å². The van der Waals surface area contributed by atoms with Crippen LogP contribution in [0.2, 0.25) is 0 Å². The topological polar surface area (TPSA) is 89.3 Å². The second-order valence-corrected chi connectivity index (χ2v) is 11.4. The highest BCUT2D eigenvalue weighted by atomic mass is 32.2. The predicted octanol–water partition coefficient (Wildman–Crippen LogP) is 5.89. The van der Waals surface area contributed by atoms with Gasteiger partial charge in [0.05, 0.1) is 15.5 Å². The van der Waals surface area contributed by atoms with Crippen molar-refractivity contribution in [3.8, 4) is 10.8 Å². The van der Waals surface area contributed by atoms with Crippen molar-refractivity contribution in [2.75, 3.05) is 11.1 Å². The van der Waals surface area contributed by atoms with Crippen LogP contribution >= 0.6 is 23.1 Å². The number of carbonyl (C=O) groups is 1. The van der Waals surface area contributed by atoms with Crippen LogP contribution in [-0.2, 0) is 14.6 Å². The molecule has 2 aromatic heterocycles. The summed E-state index contributed by atoms with van der Waals surface area (Å²) in [5.74, 6) is -0.0756. The molecule has 0 aliphatic carbocycles. The molecule has 1 N–H and O–H groups in total. The van der Waals surface area contributed by atoms with Gasteiger partial charge in [-0.2, -0.15) is 4.98 Å². The monoisotopic (exact) mass is 498 g/mol. The lowest BCUT2D eigenvalue weighted by Crippen LogP contribution is -2.14. The van der Waals surface area contributed by atoms with Crippen LogP contribution in [0, 0.1) is 20.8 Å². The van der Waals surface area contributed by atoms with Gasteiger partial charge in [0.1, 0.15) is 0 Å². The number of hydrogen-bond donors (Lipinski definition) is 1. The Hall–Kier alpha value is -2.88. The molecule has 2 aromatic carbocycles. The van der Waals surface area contributed by atoms with Crippen molar-refractivity contribution >= 4 is 44.5 Å². The molecule has 0 atom stereocenters. The van der Waals surface area contributed by atoms with Gasteiger partial charge in [-0.05, 0) is 67.6 Å². The summed E-state index contributed by atoms with van der Waals surface area (Å²) in [5.41, 5.74) is 3.73. The van der Waals surface area contributed by atoms with Crippen molar-refractivity contribution in [1.82, 2.24) is 4.98 Å². The van der Waals surface area contributed by atoms with Crippen LogP contribution in [0.1, 0.15) is 16.7 Å². The van der Waals surface area contributed by atoms with Crippen molar-refractivity contribution in [2.24, 2.45) is 0 Å². The Morgan fingerprint density at radius 2 is 1.73 bits per heavy atom. The smallest absolute Gasteiger partial charge is 0.238 e. The third-order valence-electron chi connectivity index (χ3n) is 4.72. The summed E-state index contributed by atoms with van der Waals surface area (Å²) in [4.78, 5) is 17.7. The maximum Gasteiger partial charge on any atom is 0.238 e. The molecule has 1 amide bonds. The second-order valence-electron chi connectivity index (χ2n) is 7.62. The summed E-state index contributed by atoms with van der Waals surface area (Å²) in [5, 5.41) is 4.62. The lowest BCUT2D eigenvalue weighted by molar-refractivity contribution is -0.113. The molecule has 0 fully saturated rings. The second kappa shape index (κ2) is 9.54. The average Bonchev–Trinajstić information content (AvgIpc) is 3.42. The van der Waals surface area contributed by atoms with Crippen LogP contribution in [0.3, 0.4) is 0 Å². The molecular weight excluding hydrogens is 476 g/mol. The summed E-state index contributed by atoms with van der Waals surface area (Å²) in [6.07, 6.45) is 0. The average molecular weight is 499 g/mol. The third-order valence-corrected chi connectivity index (χ3v) is 8.34. The Kier molecular flexibility index (Phi) is 6.73. The zero-order valence-electron chi connectivity index (χ0n) is 18.3. The summed E-state index contributed by atoms with van der Waals surface area (Å²) < 4.78 is 32.5. The minimum Gasteiger partial charge on any atom is -0.428 e. The SMILES string of the molecule is Cc1ccc(S(=O)(=O)c2nc(-c3cccs3)oc2SCC(=O)Nc2cc(C)cc(C)c2)cc1. The Morgan fingerprint density at radius 1 is 1.03 bits per heavy atom. The molecule has 0 unspecified atom stereocenters. The fraction of sp³-hybridized carbons (Fsp3) is 0.167. The Balaban J connectivity index is 1.61. The molecule has 0 saturated carbocycles. The maximum absolute atomic E-state index is 13.3. The number of rotatable bonds is 7. The number of nitrogens with zero attached hydrogens (tertiary/aromatic N) is 1. The fourth-order valence-electron chi connectivity index (χ4n) is 3.26. The number of thioether (sulfide) groups is 1. The minimum absolute atomic E-state index is 0.0253. The number of nitrogens with one attached hydrogen (secondary N) is 1. The van der Waals surface area contributed by atoms with Gasteiger partial charge < -0.3 is 9.73 Å². The Bertz CT molecular complexity index is 1370. The summed E-state index contributed by atoms with van der Waals surface area (Å²) in [6.45, 7) is 5.80. The van der Waals surface area contributed by atoms with Gasteiger partial charge in [0.2, 0.25) is 31.8 Å². The van der Waals surface area contributed by atoms with E-state index in [1.54, 1.807) is 30.3 Å². The molecule has 4 rings (SSSR count). The van der Waals surface area contributed by atoms with Crippen LogP contribution in [0.5, 0.6) is 0 Å². The molecule has 0 radical (unpaired) electrons. The highest BCUT2D eigenvalue weighted by Crippen LogP contribution is 2.36. The first kappa shape index (κ1) is 23.3. The predicted molar refractivity (Wildman–Crippen MR) is 132 cm³/mol. The highest BCUT2D eigenvalue weighted by Gasteiger charge is 2.29. The van der Waals surface area contributed by atoms with E-state index in [1.165, 1.54) is 11.3 Å². The molecule has 170 valence electrons. The summed E-state index contributed by atoms with van der Waals surface area (Å²) in [7, 11) is -3.93. The van der Waals surface area contributed by atoms with Crippen LogP contribution in [0.4, 0.5) is 5.69 Å². The number of hydrogen-bond acceptors (Lipinski definition) is 7. The Labute approximate surface area is 201 Å². The molecule has 0 aliphatic heterocycles. The van der Waals surface area contributed by atoms with Gasteiger partial charge in [-0.1, -0.05) is 41.6 Å². The van der Waals surface area contributed by atoms with E-state index >= 15 is 0 Å². The molecule has 33 heavy (non-hydrogen) atoms. The first-order chi connectivity index (χ1) is 15.7. The van der Waals surface area contributed by atoms with Gasteiger partial charge in [0.25, 0.3) is 0 Å². The molecule has 4 aromatic rings. The number of benzene rings is 2. The van der Waals surface area contributed by atoms with Crippen LogP contribution in [0.15, 0.2) is 79.4 Å². The first-order valence-corrected chi connectivity index (χ1v) is 13.4. The van der Waals surface area contributed by atoms with E-state index in [-0.39, 0.29) is 32.6 Å². The molecule has 0 spiro atoms. The van der Waals surface area contributed by atoms with Crippen molar-refractivity contribution in [3.05, 3.63) is 76.7 Å².